The van der Waals surface area contributed by atoms with Crippen molar-refractivity contribution in [2.24, 2.45) is 5.73 Å². The molecule has 19 heavy (non-hydrogen) atoms. The third-order valence-corrected chi connectivity index (χ3v) is 5.98. The van der Waals surface area contributed by atoms with Gasteiger partial charge in [0.2, 0.25) is 10.0 Å². The van der Waals surface area contributed by atoms with Crippen LogP contribution in [-0.2, 0) is 16.6 Å². The van der Waals surface area contributed by atoms with Crippen LogP contribution in [0.4, 0.5) is 0 Å². The van der Waals surface area contributed by atoms with E-state index >= 15 is 0 Å². The minimum Gasteiger partial charge on any atom is -0.326 e. The average Bonchev–Trinajstić information content (AvgIpc) is 3.19. The van der Waals surface area contributed by atoms with Gasteiger partial charge in [0.05, 0.1) is 4.90 Å². The molecule has 0 aromatic heterocycles. The number of hydrogen-bond donors (Lipinski definition) is 1. The molecule has 1 aliphatic rings. The van der Waals surface area contributed by atoms with Gasteiger partial charge in [0, 0.05) is 23.6 Å². The van der Waals surface area contributed by atoms with Gasteiger partial charge in [0.25, 0.3) is 0 Å². The molecule has 0 unspecified atom stereocenters. The first-order valence-corrected chi connectivity index (χ1v) is 8.35. The van der Waals surface area contributed by atoms with E-state index in [0.717, 1.165) is 18.4 Å². The van der Waals surface area contributed by atoms with Crippen LogP contribution < -0.4 is 5.73 Å². The molecular formula is C13H17BrN2O2S. The normalized spacial score (nSPS) is 15.7. The maximum Gasteiger partial charge on any atom is 0.244 e. The van der Waals surface area contributed by atoms with E-state index in [9.17, 15) is 8.42 Å². The van der Waals surface area contributed by atoms with Crippen molar-refractivity contribution in [1.82, 2.24) is 4.31 Å². The Labute approximate surface area is 122 Å². The number of sulfonamides is 1. The standard InChI is InChI=1S/C13H17BrN2O2S/c1-2-7-16(11-4-5-11)19(17,18)13-6-3-10(9-15)8-12(13)14/h2-3,6,8,11H,1,4-5,7,9,15H2. The SMILES string of the molecule is C=CCN(C1CC1)S(=O)(=O)c1ccc(CN)cc1Br. The van der Waals surface area contributed by atoms with E-state index in [-0.39, 0.29) is 6.04 Å². The molecule has 1 fully saturated rings. The molecule has 2 rings (SSSR count). The van der Waals surface area contributed by atoms with E-state index < -0.39 is 10.0 Å². The van der Waals surface area contributed by atoms with Crippen LogP contribution in [0.1, 0.15) is 18.4 Å². The molecule has 0 radical (unpaired) electrons. The van der Waals surface area contributed by atoms with Crippen LogP contribution in [0.5, 0.6) is 0 Å². The Kier molecular flexibility index (Phi) is 4.45. The summed E-state index contributed by atoms with van der Waals surface area (Å²) < 4.78 is 27.4. The second kappa shape index (κ2) is 5.75. The number of hydrogen-bond acceptors (Lipinski definition) is 3. The molecule has 1 aliphatic carbocycles. The van der Waals surface area contributed by atoms with Gasteiger partial charge in [-0.1, -0.05) is 12.1 Å². The van der Waals surface area contributed by atoms with Gasteiger partial charge in [-0.3, -0.25) is 0 Å². The monoisotopic (exact) mass is 344 g/mol. The zero-order valence-electron chi connectivity index (χ0n) is 10.5. The lowest BCUT2D eigenvalue weighted by Gasteiger charge is -2.21. The van der Waals surface area contributed by atoms with Crippen molar-refractivity contribution in [2.75, 3.05) is 6.54 Å². The van der Waals surface area contributed by atoms with Gasteiger partial charge in [-0.25, -0.2) is 8.42 Å². The average molecular weight is 345 g/mol. The van der Waals surface area contributed by atoms with E-state index in [1.165, 1.54) is 4.31 Å². The molecule has 1 aromatic carbocycles. The summed E-state index contributed by atoms with van der Waals surface area (Å²) in [5.74, 6) is 0. The largest absolute Gasteiger partial charge is 0.326 e. The van der Waals surface area contributed by atoms with E-state index in [2.05, 4.69) is 22.5 Å². The fourth-order valence-electron chi connectivity index (χ4n) is 1.94. The Bertz CT molecular complexity index is 582. The Morgan fingerprint density at radius 2 is 2.16 bits per heavy atom. The van der Waals surface area contributed by atoms with Gasteiger partial charge >= 0.3 is 0 Å². The van der Waals surface area contributed by atoms with Crippen LogP contribution in [0.25, 0.3) is 0 Å². The van der Waals surface area contributed by atoms with Crippen molar-refractivity contribution >= 4 is 26.0 Å². The number of rotatable bonds is 6. The quantitative estimate of drug-likeness (QED) is 0.805. The Morgan fingerprint density at radius 1 is 1.47 bits per heavy atom. The summed E-state index contributed by atoms with van der Waals surface area (Å²) in [6, 6.07) is 5.23. The lowest BCUT2D eigenvalue weighted by atomic mass is 10.2. The lowest BCUT2D eigenvalue weighted by Crippen LogP contribution is -2.33. The van der Waals surface area contributed by atoms with Crippen molar-refractivity contribution in [3.05, 3.63) is 40.9 Å². The molecule has 4 nitrogen and oxygen atoms in total. The third kappa shape index (κ3) is 3.08. The Balaban J connectivity index is 2.40. The topological polar surface area (TPSA) is 63.4 Å². The summed E-state index contributed by atoms with van der Waals surface area (Å²) in [6.45, 7) is 4.37. The minimum atomic E-state index is -3.48. The summed E-state index contributed by atoms with van der Waals surface area (Å²) in [5.41, 5.74) is 6.45. The van der Waals surface area contributed by atoms with Crippen molar-refractivity contribution in [1.29, 1.82) is 0 Å². The van der Waals surface area contributed by atoms with Crippen LogP contribution in [0, 0.1) is 0 Å². The molecule has 104 valence electrons. The highest BCUT2D eigenvalue weighted by Gasteiger charge is 2.37. The van der Waals surface area contributed by atoms with Crippen molar-refractivity contribution in [2.45, 2.75) is 30.3 Å². The fourth-order valence-corrected chi connectivity index (χ4v) is 4.68. The summed E-state index contributed by atoms with van der Waals surface area (Å²) in [7, 11) is -3.48. The van der Waals surface area contributed by atoms with E-state index in [1.807, 2.05) is 0 Å². The summed E-state index contributed by atoms with van der Waals surface area (Å²) >= 11 is 3.33. The van der Waals surface area contributed by atoms with Crippen molar-refractivity contribution in [3.8, 4) is 0 Å². The molecule has 6 heteroatoms. The fraction of sp³-hybridized carbons (Fsp3) is 0.385. The molecule has 1 aromatic rings. The van der Waals surface area contributed by atoms with E-state index in [1.54, 1.807) is 24.3 Å². The van der Waals surface area contributed by atoms with Gasteiger partial charge in [0.15, 0.2) is 0 Å². The smallest absolute Gasteiger partial charge is 0.244 e. The van der Waals surface area contributed by atoms with Crippen molar-refractivity contribution in [3.63, 3.8) is 0 Å². The molecule has 0 atom stereocenters. The van der Waals surface area contributed by atoms with Gasteiger partial charge in [0.1, 0.15) is 0 Å². The van der Waals surface area contributed by atoms with Gasteiger partial charge in [-0.05, 0) is 46.5 Å². The Hall–Kier alpha value is -0.690. The highest BCUT2D eigenvalue weighted by atomic mass is 79.9. The van der Waals surface area contributed by atoms with E-state index in [4.69, 9.17) is 5.73 Å². The van der Waals surface area contributed by atoms with Crippen LogP contribution >= 0.6 is 15.9 Å². The predicted molar refractivity (Wildman–Crippen MR) is 79.1 cm³/mol. The number of nitrogens with zero attached hydrogens (tertiary/aromatic N) is 1. The Morgan fingerprint density at radius 3 is 2.63 bits per heavy atom. The predicted octanol–water partition coefficient (Wildman–Crippen LogP) is 2.25. The minimum absolute atomic E-state index is 0.115. The molecule has 1 saturated carbocycles. The highest BCUT2D eigenvalue weighted by Crippen LogP contribution is 2.34. The molecule has 2 N–H and O–H groups in total. The van der Waals surface area contributed by atoms with Crippen molar-refractivity contribution < 1.29 is 8.42 Å². The maximum atomic E-state index is 12.6. The second-order valence-corrected chi connectivity index (χ2v) is 7.28. The summed E-state index contributed by atoms with van der Waals surface area (Å²) in [6.07, 6.45) is 3.47. The molecular weight excluding hydrogens is 328 g/mol. The van der Waals surface area contributed by atoms with Gasteiger partial charge in [-0.2, -0.15) is 4.31 Å². The molecule has 0 bridgehead atoms. The van der Waals surface area contributed by atoms with Gasteiger partial charge < -0.3 is 5.73 Å². The lowest BCUT2D eigenvalue weighted by molar-refractivity contribution is 0.435. The van der Waals surface area contributed by atoms with Crippen LogP contribution in [-0.4, -0.2) is 25.3 Å². The van der Waals surface area contributed by atoms with Crippen LogP contribution in [0.3, 0.4) is 0 Å². The maximum absolute atomic E-state index is 12.6. The van der Waals surface area contributed by atoms with Crippen LogP contribution in [0.15, 0.2) is 40.2 Å². The first-order valence-electron chi connectivity index (χ1n) is 6.12. The summed E-state index contributed by atoms with van der Waals surface area (Å²) in [5, 5.41) is 0. The zero-order valence-corrected chi connectivity index (χ0v) is 13.0. The molecule has 0 saturated heterocycles. The molecule has 0 aliphatic heterocycles. The number of halogens is 1. The second-order valence-electron chi connectivity index (χ2n) is 4.56. The summed E-state index contributed by atoms with van der Waals surface area (Å²) in [4.78, 5) is 0.290. The van der Waals surface area contributed by atoms with Gasteiger partial charge in [-0.15, -0.1) is 6.58 Å². The number of benzene rings is 1. The first-order chi connectivity index (χ1) is 9.00. The van der Waals surface area contributed by atoms with Crippen LogP contribution in [0.2, 0.25) is 0 Å². The molecule has 0 amide bonds. The number of nitrogens with two attached hydrogens (primary N) is 1. The first kappa shape index (κ1) is 14.7. The highest BCUT2D eigenvalue weighted by molar-refractivity contribution is 9.10. The molecule has 0 heterocycles. The zero-order chi connectivity index (χ0) is 14.0. The molecule has 0 spiro atoms. The third-order valence-electron chi connectivity index (χ3n) is 3.08. The van der Waals surface area contributed by atoms with E-state index in [0.29, 0.717) is 22.5 Å².